The van der Waals surface area contributed by atoms with E-state index in [-0.39, 0.29) is 16.3 Å². The van der Waals surface area contributed by atoms with Crippen molar-refractivity contribution in [2.45, 2.75) is 38.0 Å². The van der Waals surface area contributed by atoms with Gasteiger partial charge in [-0.25, -0.2) is 8.42 Å². The van der Waals surface area contributed by atoms with E-state index in [9.17, 15) is 18.3 Å². The van der Waals surface area contributed by atoms with E-state index in [0.717, 1.165) is 10.5 Å². The molecule has 168 valence electrons. The first-order valence-corrected chi connectivity index (χ1v) is 11.6. The smallest absolute Gasteiger partial charge is 0.243 e. The van der Waals surface area contributed by atoms with Gasteiger partial charge in [0.25, 0.3) is 0 Å². The van der Waals surface area contributed by atoms with Crippen molar-refractivity contribution in [3.63, 3.8) is 0 Å². The van der Waals surface area contributed by atoms with Gasteiger partial charge in [0.15, 0.2) is 0 Å². The molecule has 8 heteroatoms. The Balaban J connectivity index is 2.45. The molecule has 0 heterocycles. The molecular weight excluding hydrogens is 416 g/mol. The highest BCUT2D eigenvalue weighted by Crippen LogP contribution is 2.35. The molecular formula is C23H29N2O5S-. The number of carbonyl (C=O) groups excluding carboxylic acids is 1. The third-order valence-electron chi connectivity index (χ3n) is 4.73. The molecule has 31 heavy (non-hydrogen) atoms. The molecule has 0 atom stereocenters. The summed E-state index contributed by atoms with van der Waals surface area (Å²) in [6, 6.07) is 10.9. The van der Waals surface area contributed by atoms with Crippen molar-refractivity contribution in [2.75, 3.05) is 25.1 Å². The van der Waals surface area contributed by atoms with E-state index in [1.807, 2.05) is 13.8 Å². The van der Waals surface area contributed by atoms with Crippen molar-refractivity contribution in [3.8, 4) is 5.75 Å². The summed E-state index contributed by atoms with van der Waals surface area (Å²) in [5.74, 6) is 0.359. The lowest BCUT2D eigenvalue weighted by molar-refractivity contribution is -0.245. The highest BCUT2D eigenvalue weighted by molar-refractivity contribution is 7.89. The van der Waals surface area contributed by atoms with Gasteiger partial charge in [-0.2, -0.15) is 4.31 Å². The maximum absolute atomic E-state index is 13.0. The van der Waals surface area contributed by atoms with Crippen LogP contribution in [0, 0.1) is 0 Å². The van der Waals surface area contributed by atoms with Gasteiger partial charge in [-0.3, -0.25) is 4.90 Å². The van der Waals surface area contributed by atoms with Crippen LogP contribution in [0.1, 0.15) is 32.3 Å². The molecule has 2 aromatic carbocycles. The zero-order valence-corrected chi connectivity index (χ0v) is 19.0. The fourth-order valence-corrected chi connectivity index (χ4v) is 4.93. The van der Waals surface area contributed by atoms with Gasteiger partial charge in [0.05, 0.1) is 17.7 Å². The van der Waals surface area contributed by atoms with Crippen LogP contribution in [-0.2, 0) is 16.4 Å². The maximum atomic E-state index is 13.0. The molecule has 2 aromatic rings. The normalized spacial score (nSPS) is 11.4. The number of hydrogen-bond acceptors (Lipinski definition) is 5. The van der Waals surface area contributed by atoms with Crippen LogP contribution in [0.2, 0.25) is 0 Å². The van der Waals surface area contributed by atoms with Crippen LogP contribution < -0.4 is 14.7 Å². The Kier molecular flexibility index (Phi) is 8.65. The predicted octanol–water partition coefficient (Wildman–Crippen LogP) is 3.72. The third kappa shape index (κ3) is 5.65. The fourth-order valence-electron chi connectivity index (χ4n) is 3.31. The standard InChI is InChI=1S/C23H30N2O5S/c1-5-8-18-9-14-21(22(17-18)30-4)25(23(26)27)19-10-12-20(13-11-19)31(28,29)24(15-6-2)16-7-3/h5,9-14,17H,1,6-8,15-16H2,2-4H3,(H,26,27)/p-1. The van der Waals surface area contributed by atoms with Crippen molar-refractivity contribution in [1.82, 2.24) is 4.31 Å². The number of allylic oxidation sites excluding steroid dienone is 1. The summed E-state index contributed by atoms with van der Waals surface area (Å²) in [6.07, 6.45) is 2.31. The quantitative estimate of drug-likeness (QED) is 0.492. The number of sulfonamides is 1. The second kappa shape index (κ2) is 11.0. The van der Waals surface area contributed by atoms with Crippen LogP contribution in [0.4, 0.5) is 16.2 Å². The minimum Gasteiger partial charge on any atom is -0.529 e. The highest BCUT2D eigenvalue weighted by atomic mass is 32.2. The number of rotatable bonds is 11. The Labute approximate surface area is 184 Å². The summed E-state index contributed by atoms with van der Waals surface area (Å²) >= 11 is 0. The van der Waals surface area contributed by atoms with Crippen LogP contribution in [0.3, 0.4) is 0 Å². The van der Waals surface area contributed by atoms with Gasteiger partial charge in [-0.1, -0.05) is 26.0 Å². The Morgan fingerprint density at radius 3 is 2.19 bits per heavy atom. The Bertz CT molecular complexity index is 997. The number of nitrogens with zero attached hydrogens (tertiary/aromatic N) is 2. The molecule has 0 N–H and O–H groups in total. The zero-order valence-electron chi connectivity index (χ0n) is 18.2. The molecule has 0 spiro atoms. The molecule has 0 unspecified atom stereocenters. The van der Waals surface area contributed by atoms with Gasteiger partial charge in [-0.15, -0.1) is 6.58 Å². The van der Waals surface area contributed by atoms with Crippen LogP contribution in [0.15, 0.2) is 60.0 Å². The number of carbonyl (C=O) groups is 1. The van der Waals surface area contributed by atoms with Crippen molar-refractivity contribution in [1.29, 1.82) is 0 Å². The number of benzene rings is 2. The second-order valence-corrected chi connectivity index (χ2v) is 8.94. The van der Waals surface area contributed by atoms with E-state index >= 15 is 0 Å². The van der Waals surface area contributed by atoms with Crippen molar-refractivity contribution in [3.05, 3.63) is 60.7 Å². The molecule has 0 aromatic heterocycles. The largest absolute Gasteiger partial charge is 0.529 e. The highest BCUT2D eigenvalue weighted by Gasteiger charge is 2.24. The number of amides is 1. The lowest BCUT2D eigenvalue weighted by Gasteiger charge is -2.27. The van der Waals surface area contributed by atoms with Gasteiger partial charge in [0, 0.05) is 18.8 Å². The van der Waals surface area contributed by atoms with Crippen LogP contribution in [0.25, 0.3) is 0 Å². The Morgan fingerprint density at radius 1 is 1.10 bits per heavy atom. The first-order valence-electron chi connectivity index (χ1n) is 10.2. The van der Waals surface area contributed by atoms with E-state index in [0.29, 0.717) is 38.1 Å². The minimum atomic E-state index is -3.66. The van der Waals surface area contributed by atoms with Crippen LogP contribution in [0.5, 0.6) is 5.75 Å². The summed E-state index contributed by atoms with van der Waals surface area (Å²) in [5, 5.41) is 12.0. The molecule has 1 amide bonds. The predicted molar refractivity (Wildman–Crippen MR) is 120 cm³/mol. The molecule has 0 fully saturated rings. The third-order valence-corrected chi connectivity index (χ3v) is 6.64. The molecule has 0 bridgehead atoms. The summed E-state index contributed by atoms with van der Waals surface area (Å²) in [6.45, 7) is 8.40. The number of carboxylic acid groups (broad SMARTS) is 1. The molecule has 0 saturated carbocycles. The average molecular weight is 446 g/mol. The van der Waals surface area contributed by atoms with Crippen molar-refractivity contribution in [2.24, 2.45) is 0 Å². The van der Waals surface area contributed by atoms with Gasteiger partial charge < -0.3 is 14.6 Å². The van der Waals surface area contributed by atoms with Crippen LogP contribution in [-0.4, -0.2) is 39.0 Å². The summed E-state index contributed by atoms with van der Waals surface area (Å²) in [4.78, 5) is 13.0. The molecule has 0 aliphatic carbocycles. The fraction of sp³-hybridized carbons (Fsp3) is 0.348. The topological polar surface area (TPSA) is 90.0 Å². The van der Waals surface area contributed by atoms with Gasteiger partial charge >= 0.3 is 0 Å². The summed E-state index contributed by atoms with van der Waals surface area (Å²) in [5.41, 5.74) is 1.46. The van der Waals surface area contributed by atoms with E-state index in [1.165, 1.54) is 35.7 Å². The van der Waals surface area contributed by atoms with E-state index < -0.39 is 16.1 Å². The number of anilines is 2. The van der Waals surface area contributed by atoms with Gasteiger partial charge in [0.2, 0.25) is 10.0 Å². The van der Waals surface area contributed by atoms with Crippen molar-refractivity contribution >= 4 is 27.5 Å². The molecule has 0 aliphatic heterocycles. The van der Waals surface area contributed by atoms with E-state index in [4.69, 9.17) is 4.74 Å². The Hall–Kier alpha value is -2.84. The Morgan fingerprint density at radius 2 is 1.71 bits per heavy atom. The average Bonchev–Trinajstić information content (AvgIpc) is 2.75. The summed E-state index contributed by atoms with van der Waals surface area (Å²) in [7, 11) is -2.21. The van der Waals surface area contributed by atoms with Crippen molar-refractivity contribution < 1.29 is 23.1 Å². The maximum Gasteiger partial charge on any atom is 0.243 e. The number of ether oxygens (including phenoxy) is 1. The molecule has 0 aliphatic rings. The van der Waals surface area contributed by atoms with E-state index in [1.54, 1.807) is 24.3 Å². The molecule has 2 rings (SSSR count). The molecule has 0 saturated heterocycles. The first kappa shape index (κ1) is 24.4. The van der Waals surface area contributed by atoms with E-state index in [2.05, 4.69) is 6.58 Å². The number of hydrogen-bond donors (Lipinski definition) is 0. The molecule has 7 nitrogen and oxygen atoms in total. The monoisotopic (exact) mass is 445 g/mol. The summed E-state index contributed by atoms with van der Waals surface area (Å²) < 4.78 is 32.7. The zero-order chi connectivity index (χ0) is 23.0. The minimum absolute atomic E-state index is 0.116. The SMILES string of the molecule is C=CCc1ccc(N(C(=O)[O-])c2ccc(S(=O)(=O)N(CCC)CCC)cc2)c(OC)c1. The first-order chi connectivity index (χ1) is 14.8. The van der Waals surface area contributed by atoms with Crippen LogP contribution >= 0.6 is 0 Å². The lowest BCUT2D eigenvalue weighted by Crippen LogP contribution is -2.38. The number of methoxy groups -OCH3 is 1. The van der Waals surface area contributed by atoms with Gasteiger partial charge in [0.1, 0.15) is 11.8 Å². The lowest BCUT2D eigenvalue weighted by atomic mass is 10.1. The molecule has 0 radical (unpaired) electrons. The second-order valence-electron chi connectivity index (χ2n) is 7.00. The van der Waals surface area contributed by atoms with Gasteiger partial charge in [-0.05, 0) is 61.2 Å².